The number of urea groups is 2. The lowest BCUT2D eigenvalue weighted by Gasteiger charge is -2.39. The Bertz CT molecular complexity index is 3860. The molecule has 38 nitrogen and oxygen atoms in total. The summed E-state index contributed by atoms with van der Waals surface area (Å²) in [5.74, 6) is -12.5. The van der Waals surface area contributed by atoms with Crippen molar-refractivity contribution in [1.82, 2.24) is 73.5 Å². The number of hydrogen-bond donors (Lipinski definition) is 17. The number of carbonyl (C=O) groups is 16. The van der Waals surface area contributed by atoms with Crippen LogP contribution < -0.4 is 58.7 Å². The summed E-state index contributed by atoms with van der Waals surface area (Å²) < 4.78 is 10.9. The lowest BCUT2D eigenvalue weighted by Crippen LogP contribution is -2.59. The molecule has 2 aromatic carbocycles. The minimum atomic E-state index is -1.66. The lowest BCUT2D eigenvalue weighted by molar-refractivity contribution is -0.159. The van der Waals surface area contributed by atoms with Crippen molar-refractivity contribution in [2.75, 3.05) is 45.0 Å². The van der Waals surface area contributed by atoms with Gasteiger partial charge in [-0.05, 0) is 125 Å². The Kier molecular flexibility index (Phi) is 45.6. The van der Waals surface area contributed by atoms with Gasteiger partial charge in [0, 0.05) is 79.7 Å². The number of carbonyl (C=O) groups excluding carboxylic acids is 11. The molecule has 660 valence electrons. The Morgan fingerprint density at radius 1 is 0.639 bits per heavy atom. The number of esters is 1. The SMILES string of the molecule is CCCC(=O)OCN(C(=O)[C@@H](NC(=O)[C@H]1CCCCN1C)C(C)CC)[C@H](CCc1nc(C(=O)N[C@@H](Cc2ccc(O)cc2)C[C@H](C)C(=O)NNC(=O)OCCSSC[C@@H](C)NC(=O)[C@H](CC(=O)O)NC(=O)[C@H](CCC(=O)O)NC(=O)Cc2ccc(CNC(=O)NCCCCC[C@H](NC(=O)N[C@@H](CCC(=O)O)C(=O)O)C(=O)O)cc2)cs1)C(C)C. The minimum absolute atomic E-state index is 0.0221. The number of likely N-dealkylation sites (N-methyl/N-ethyl adjacent to an activating group) is 1. The zero-order valence-corrected chi connectivity index (χ0v) is 70.8. The molecule has 41 heteroatoms. The van der Waals surface area contributed by atoms with Gasteiger partial charge in [-0.25, -0.2) is 34.4 Å². The van der Waals surface area contributed by atoms with E-state index in [1.807, 2.05) is 46.6 Å². The molecule has 1 aliphatic heterocycles. The molecular formula is C78H116N14O24S3. The molecule has 1 saturated heterocycles. The number of aromatic hydroxyl groups is 1. The van der Waals surface area contributed by atoms with Crippen LogP contribution in [0, 0.1) is 17.8 Å². The molecule has 1 unspecified atom stereocenters. The molecule has 11 atom stereocenters. The van der Waals surface area contributed by atoms with Gasteiger partial charge in [-0.2, -0.15) is 0 Å². The molecule has 0 bridgehead atoms. The molecule has 1 aromatic heterocycles. The molecule has 12 amide bonds. The van der Waals surface area contributed by atoms with Crippen LogP contribution in [0.1, 0.15) is 190 Å². The van der Waals surface area contributed by atoms with Gasteiger partial charge in [-0.1, -0.05) is 125 Å². The topological polar surface area (TPSA) is 565 Å². The van der Waals surface area contributed by atoms with Crippen LogP contribution in [0.2, 0.25) is 0 Å². The van der Waals surface area contributed by atoms with E-state index >= 15 is 0 Å². The largest absolute Gasteiger partial charge is 0.508 e. The average Bonchev–Trinajstić information content (AvgIpc) is 1.63. The monoisotopic (exact) mass is 1730 g/mol. The Labute approximate surface area is 702 Å². The number of piperidine rings is 1. The fourth-order valence-electron chi connectivity index (χ4n) is 12.5. The third-order valence-electron chi connectivity index (χ3n) is 19.3. The molecular weight excluding hydrogens is 1610 g/mol. The van der Waals surface area contributed by atoms with E-state index in [9.17, 15) is 102 Å². The van der Waals surface area contributed by atoms with E-state index in [4.69, 9.17) is 14.6 Å². The Hall–Kier alpha value is -10.6. The molecule has 0 saturated carbocycles. The molecule has 4 rings (SSSR count). The summed E-state index contributed by atoms with van der Waals surface area (Å²) in [6.07, 6.45) is 1.84. The van der Waals surface area contributed by atoms with Crippen LogP contribution in [-0.4, -0.2) is 240 Å². The summed E-state index contributed by atoms with van der Waals surface area (Å²) in [7, 11) is 4.40. The van der Waals surface area contributed by atoms with E-state index in [0.717, 1.165) is 24.9 Å². The predicted molar refractivity (Wildman–Crippen MR) is 439 cm³/mol. The standard InChI is InChI=1S/C78H116N14O24S3/c1-9-16-66(101)116-44-92(73(107)67(46(5)10-2)88-72(106)60-18-13-15-34-91(60)8)59(45(3)4)29-30-62-84-58(43-117-62)71(105)82-52(38-49-23-25-53(93)26-24-49)37-47(6)68(102)89-90-78(114)115-35-36-118-119-42-48(7)81-70(104)57(40-65(99)100)85-69(103)54(27-31-63(95)96)83-61(94)39-50-19-21-51(22-20-50)41-80-76(112)79-33-14-11-12-17-55(74(108)109)86-77(113)87-56(75(110)111)28-32-64(97)98/h19-26,43,45-48,52,54-57,59-60,67,93H,9-18,27-42,44H2,1-8H3,(H,81,104)(H,82,105)(H,83,94)(H,85,103)(H,88,106)(H,89,102)(H,90,114)(H,95,96)(H,97,98)(H,99,100)(H,108,109)(H,110,111)(H2,79,80,112)(H2,86,87,113)/t46?,47-,48+,52+,54-,55-,56-,57-,59+,60+,67-/m0/s1. The minimum Gasteiger partial charge on any atom is -0.508 e. The first-order valence-corrected chi connectivity index (χ1v) is 43.0. The molecule has 119 heavy (non-hydrogen) atoms. The summed E-state index contributed by atoms with van der Waals surface area (Å²) in [4.78, 5) is 212. The van der Waals surface area contributed by atoms with Crippen molar-refractivity contribution in [3.8, 4) is 5.75 Å². The van der Waals surface area contributed by atoms with Crippen molar-refractivity contribution < 1.29 is 117 Å². The first kappa shape index (κ1) is 101. The summed E-state index contributed by atoms with van der Waals surface area (Å²) in [6, 6.07) is 1.94. The number of nitrogens with zero attached hydrogens (tertiary/aromatic N) is 3. The van der Waals surface area contributed by atoms with E-state index in [0.29, 0.717) is 67.5 Å². The number of hydrogen-bond acceptors (Lipinski definition) is 24. The number of phenols is 1. The van der Waals surface area contributed by atoms with Gasteiger partial charge >= 0.3 is 54.0 Å². The Morgan fingerprint density at radius 2 is 1.28 bits per heavy atom. The van der Waals surface area contributed by atoms with Gasteiger partial charge in [0.25, 0.3) is 5.91 Å². The van der Waals surface area contributed by atoms with Gasteiger partial charge in [-0.15, -0.1) is 11.3 Å². The number of hydrazine groups is 1. The van der Waals surface area contributed by atoms with Gasteiger partial charge in [-0.3, -0.25) is 63.1 Å². The second kappa shape index (κ2) is 53.8. The van der Waals surface area contributed by atoms with E-state index in [1.165, 1.54) is 45.1 Å². The fraction of sp³-hybridized carbons (Fsp3) is 0.603. The maximum absolute atomic E-state index is 14.8. The smallest absolute Gasteiger partial charge is 0.426 e. The number of carboxylic acids is 5. The number of aromatic nitrogens is 1. The average molecular weight is 1730 g/mol. The molecule has 0 radical (unpaired) electrons. The number of carboxylic acid groups (broad SMARTS) is 5. The van der Waals surface area contributed by atoms with Crippen molar-refractivity contribution in [1.29, 1.82) is 0 Å². The molecule has 3 aromatic rings. The van der Waals surface area contributed by atoms with E-state index < -0.39 is 170 Å². The predicted octanol–water partition coefficient (Wildman–Crippen LogP) is 4.94. The number of aliphatic carboxylic acids is 5. The first-order valence-electron chi connectivity index (χ1n) is 39.6. The highest BCUT2D eigenvalue weighted by Gasteiger charge is 2.39. The quantitative estimate of drug-likeness (QED) is 0.0117. The second-order valence-corrected chi connectivity index (χ2v) is 33.1. The van der Waals surface area contributed by atoms with Crippen molar-refractivity contribution in [2.45, 2.75) is 238 Å². The first-order chi connectivity index (χ1) is 56.5. The van der Waals surface area contributed by atoms with E-state index in [1.54, 1.807) is 60.5 Å². The molecule has 0 spiro atoms. The van der Waals surface area contributed by atoms with Gasteiger partial charge in [0.2, 0.25) is 35.4 Å². The number of benzene rings is 2. The number of likely N-dealkylation sites (tertiary alicyclic amines) is 1. The van der Waals surface area contributed by atoms with Crippen LogP contribution in [0.25, 0.3) is 0 Å². The lowest BCUT2D eigenvalue weighted by atomic mass is 9.93. The van der Waals surface area contributed by atoms with Crippen molar-refractivity contribution >= 4 is 128 Å². The fourth-order valence-corrected chi connectivity index (χ4v) is 15.4. The van der Waals surface area contributed by atoms with Crippen LogP contribution in [0.3, 0.4) is 0 Å². The van der Waals surface area contributed by atoms with Crippen molar-refractivity contribution in [3.05, 3.63) is 81.3 Å². The van der Waals surface area contributed by atoms with Crippen LogP contribution in [-0.2, 0) is 92.8 Å². The van der Waals surface area contributed by atoms with Gasteiger partial charge in [0.1, 0.15) is 48.3 Å². The normalized spacial score (nSPS) is 15.1. The molecule has 2 heterocycles. The molecule has 17 N–H and O–H groups in total. The van der Waals surface area contributed by atoms with Crippen LogP contribution in [0.4, 0.5) is 14.4 Å². The number of unbranched alkanes of at least 4 members (excludes halogenated alkanes) is 2. The summed E-state index contributed by atoms with van der Waals surface area (Å²) in [6.45, 7) is 13.4. The number of aryl methyl sites for hydroxylation is 1. The molecule has 1 fully saturated rings. The summed E-state index contributed by atoms with van der Waals surface area (Å²) >= 11 is 1.25. The summed E-state index contributed by atoms with van der Waals surface area (Å²) in [5.41, 5.74) is 6.47. The van der Waals surface area contributed by atoms with Gasteiger partial charge in [0.15, 0.2) is 6.73 Å². The van der Waals surface area contributed by atoms with Crippen molar-refractivity contribution in [2.24, 2.45) is 17.8 Å². The highest BCUT2D eigenvalue weighted by molar-refractivity contribution is 8.76. The number of rotatable bonds is 54. The zero-order valence-electron chi connectivity index (χ0n) is 68.3. The number of thiazole rings is 1. The summed E-state index contributed by atoms with van der Waals surface area (Å²) in [5, 5.41) is 82.0. The Morgan fingerprint density at radius 3 is 1.90 bits per heavy atom. The highest BCUT2D eigenvalue weighted by atomic mass is 33.1. The number of amides is 12. The number of ether oxygens (including phenoxy) is 2. The third kappa shape index (κ3) is 39.3. The van der Waals surface area contributed by atoms with E-state index in [-0.39, 0.29) is 111 Å². The van der Waals surface area contributed by atoms with Gasteiger partial charge in [0.05, 0.1) is 23.9 Å². The number of nitrogens with one attached hydrogen (secondary N) is 11. The van der Waals surface area contributed by atoms with Crippen LogP contribution in [0.5, 0.6) is 5.75 Å². The van der Waals surface area contributed by atoms with Crippen molar-refractivity contribution in [3.63, 3.8) is 0 Å². The van der Waals surface area contributed by atoms with Crippen LogP contribution in [0.15, 0.2) is 53.9 Å². The zero-order chi connectivity index (χ0) is 88.3. The molecule has 1 aliphatic rings. The maximum atomic E-state index is 14.8. The Balaban J connectivity index is 1.22. The molecule has 0 aliphatic carbocycles. The third-order valence-corrected chi connectivity index (χ3v) is 22.8. The highest BCUT2D eigenvalue weighted by Crippen LogP contribution is 2.26. The van der Waals surface area contributed by atoms with Crippen LogP contribution >= 0.6 is 32.9 Å². The maximum Gasteiger partial charge on any atom is 0.426 e. The van der Waals surface area contributed by atoms with Gasteiger partial charge < -0.3 is 92.9 Å². The second-order valence-electron chi connectivity index (χ2n) is 29.5. The number of phenolic OH excluding ortho intramolecular Hbond substituents is 1. The van der Waals surface area contributed by atoms with E-state index in [2.05, 4.69) is 63.7 Å².